The van der Waals surface area contributed by atoms with Crippen molar-refractivity contribution in [1.82, 2.24) is 15.6 Å². The smallest absolute Gasteiger partial charge is 0.191 e. The molecule has 0 amide bonds. The Bertz CT molecular complexity index is 770. The third-order valence-corrected chi connectivity index (χ3v) is 5.08. The molecular formula is C21H28ClN5O. The summed E-state index contributed by atoms with van der Waals surface area (Å²) < 4.78 is 5.63. The molecule has 150 valence electrons. The topological polar surface area (TPSA) is 61.8 Å². The van der Waals surface area contributed by atoms with Crippen molar-refractivity contribution >= 4 is 23.4 Å². The van der Waals surface area contributed by atoms with E-state index in [2.05, 4.69) is 39.6 Å². The van der Waals surface area contributed by atoms with E-state index < -0.39 is 0 Å². The minimum Gasteiger partial charge on any atom is -0.375 e. The van der Waals surface area contributed by atoms with E-state index in [0.29, 0.717) is 11.6 Å². The van der Waals surface area contributed by atoms with Crippen molar-refractivity contribution in [3.63, 3.8) is 0 Å². The van der Waals surface area contributed by atoms with Gasteiger partial charge in [0.2, 0.25) is 0 Å². The summed E-state index contributed by atoms with van der Waals surface area (Å²) in [7, 11) is 1.72. The molecular weight excluding hydrogens is 374 g/mol. The third kappa shape index (κ3) is 5.36. The first kappa shape index (κ1) is 20.4. The number of hydrogen-bond donors (Lipinski definition) is 2. The molecule has 1 aromatic heterocycles. The average Bonchev–Trinajstić information content (AvgIpc) is 3.18. The second-order valence-corrected chi connectivity index (χ2v) is 7.15. The first-order chi connectivity index (χ1) is 13.7. The maximum Gasteiger partial charge on any atom is 0.191 e. The Morgan fingerprint density at radius 2 is 2.14 bits per heavy atom. The van der Waals surface area contributed by atoms with Crippen molar-refractivity contribution in [2.75, 3.05) is 38.2 Å². The van der Waals surface area contributed by atoms with Gasteiger partial charge in [-0.05, 0) is 31.0 Å². The summed E-state index contributed by atoms with van der Waals surface area (Å²) in [5.74, 6) is 1.65. The van der Waals surface area contributed by atoms with Crippen molar-refractivity contribution < 1.29 is 4.74 Å². The van der Waals surface area contributed by atoms with Crippen molar-refractivity contribution in [1.29, 1.82) is 0 Å². The number of benzene rings is 1. The molecule has 0 aliphatic carbocycles. The minimum atomic E-state index is -0.0657. The number of hydrogen-bond acceptors (Lipinski definition) is 4. The van der Waals surface area contributed by atoms with E-state index in [-0.39, 0.29) is 12.1 Å². The molecule has 0 saturated carbocycles. The van der Waals surface area contributed by atoms with Gasteiger partial charge in [0.1, 0.15) is 11.9 Å². The van der Waals surface area contributed by atoms with Crippen LogP contribution in [0.5, 0.6) is 0 Å². The van der Waals surface area contributed by atoms with Crippen LogP contribution in [0.2, 0.25) is 5.02 Å². The van der Waals surface area contributed by atoms with E-state index in [1.807, 2.05) is 30.3 Å². The standard InChI is InChI=1S/C21H28ClN5O/c1-3-23-21(25-14-19(28-2)16-8-5-4-6-9-16)26-17-11-13-27(15-17)20-18(22)10-7-12-24-20/h4-10,12,17,19H,3,11,13-15H2,1-2H3,(H2,23,25,26). The van der Waals surface area contributed by atoms with Crippen LogP contribution >= 0.6 is 11.6 Å². The third-order valence-electron chi connectivity index (χ3n) is 4.78. The average molecular weight is 402 g/mol. The van der Waals surface area contributed by atoms with Crippen LogP contribution in [-0.2, 0) is 4.74 Å². The van der Waals surface area contributed by atoms with Crippen LogP contribution in [-0.4, -0.2) is 50.3 Å². The quantitative estimate of drug-likeness (QED) is 0.550. The predicted molar refractivity (Wildman–Crippen MR) is 115 cm³/mol. The molecule has 1 aromatic carbocycles. The van der Waals surface area contributed by atoms with Crippen LogP contribution in [0.15, 0.2) is 53.7 Å². The Balaban J connectivity index is 1.61. The number of methoxy groups -OCH3 is 1. The second-order valence-electron chi connectivity index (χ2n) is 6.74. The molecule has 2 unspecified atom stereocenters. The van der Waals surface area contributed by atoms with Gasteiger partial charge in [0.15, 0.2) is 5.96 Å². The highest BCUT2D eigenvalue weighted by Gasteiger charge is 2.25. The molecule has 28 heavy (non-hydrogen) atoms. The van der Waals surface area contributed by atoms with Gasteiger partial charge in [0.25, 0.3) is 0 Å². The molecule has 0 bridgehead atoms. The molecule has 2 heterocycles. The fourth-order valence-corrected chi connectivity index (χ4v) is 3.59. The van der Waals surface area contributed by atoms with Crippen molar-refractivity contribution in [3.8, 4) is 0 Å². The molecule has 1 aliphatic rings. The number of ether oxygens (including phenoxy) is 1. The van der Waals surface area contributed by atoms with Gasteiger partial charge < -0.3 is 20.3 Å². The highest BCUT2D eigenvalue weighted by molar-refractivity contribution is 6.32. The summed E-state index contributed by atoms with van der Waals surface area (Å²) in [5, 5.41) is 7.56. The van der Waals surface area contributed by atoms with Crippen LogP contribution < -0.4 is 15.5 Å². The van der Waals surface area contributed by atoms with E-state index in [1.165, 1.54) is 0 Å². The zero-order valence-electron chi connectivity index (χ0n) is 16.4. The first-order valence-electron chi connectivity index (χ1n) is 9.69. The summed E-state index contributed by atoms with van der Waals surface area (Å²) in [5.41, 5.74) is 1.13. The number of nitrogens with zero attached hydrogens (tertiary/aromatic N) is 3. The van der Waals surface area contributed by atoms with Crippen molar-refractivity contribution in [2.24, 2.45) is 4.99 Å². The van der Waals surface area contributed by atoms with Crippen LogP contribution in [0.3, 0.4) is 0 Å². The van der Waals surface area contributed by atoms with E-state index in [0.717, 1.165) is 43.4 Å². The van der Waals surface area contributed by atoms with Crippen LogP contribution in [0, 0.1) is 0 Å². The number of anilines is 1. The Hall–Kier alpha value is -2.31. The number of halogens is 1. The lowest BCUT2D eigenvalue weighted by Crippen LogP contribution is -2.45. The lowest BCUT2D eigenvalue weighted by Gasteiger charge is -2.21. The predicted octanol–water partition coefficient (Wildman–Crippen LogP) is 3.26. The Morgan fingerprint density at radius 1 is 1.32 bits per heavy atom. The fraction of sp³-hybridized carbons (Fsp3) is 0.429. The molecule has 6 nitrogen and oxygen atoms in total. The monoisotopic (exact) mass is 401 g/mol. The zero-order chi connectivity index (χ0) is 19.8. The number of guanidine groups is 1. The molecule has 7 heteroatoms. The van der Waals surface area contributed by atoms with Gasteiger partial charge in [0, 0.05) is 39.0 Å². The van der Waals surface area contributed by atoms with E-state index in [4.69, 9.17) is 21.3 Å². The summed E-state index contributed by atoms with van der Waals surface area (Å²) in [6, 6.07) is 14.2. The molecule has 2 atom stereocenters. The van der Waals surface area contributed by atoms with Gasteiger partial charge >= 0.3 is 0 Å². The summed E-state index contributed by atoms with van der Waals surface area (Å²) in [6.07, 6.45) is 2.72. The summed E-state index contributed by atoms with van der Waals surface area (Å²) >= 11 is 6.29. The van der Waals surface area contributed by atoms with Gasteiger partial charge in [-0.3, -0.25) is 4.99 Å². The lowest BCUT2D eigenvalue weighted by molar-refractivity contribution is 0.111. The van der Waals surface area contributed by atoms with Crippen molar-refractivity contribution in [3.05, 3.63) is 59.2 Å². The summed E-state index contributed by atoms with van der Waals surface area (Å²) in [6.45, 7) is 5.18. The van der Waals surface area contributed by atoms with Crippen molar-refractivity contribution in [2.45, 2.75) is 25.5 Å². The maximum atomic E-state index is 6.29. The fourth-order valence-electron chi connectivity index (χ4n) is 3.35. The van der Waals surface area contributed by atoms with Crippen LogP contribution in [0.1, 0.15) is 25.0 Å². The number of rotatable bonds is 7. The van der Waals surface area contributed by atoms with Gasteiger partial charge in [-0.25, -0.2) is 4.98 Å². The van der Waals surface area contributed by atoms with Crippen LogP contribution in [0.25, 0.3) is 0 Å². The van der Waals surface area contributed by atoms with Gasteiger partial charge in [0.05, 0.1) is 11.6 Å². The molecule has 0 spiro atoms. The Morgan fingerprint density at radius 3 is 2.86 bits per heavy atom. The van der Waals surface area contributed by atoms with Gasteiger partial charge in [-0.1, -0.05) is 41.9 Å². The molecule has 3 rings (SSSR count). The normalized spacial score (nSPS) is 18.2. The lowest BCUT2D eigenvalue weighted by atomic mass is 10.1. The summed E-state index contributed by atoms with van der Waals surface area (Å²) in [4.78, 5) is 11.4. The molecule has 1 saturated heterocycles. The second kappa shape index (κ2) is 10.3. The SMILES string of the molecule is CCNC(=NCC(OC)c1ccccc1)NC1CCN(c2ncccc2Cl)C1. The molecule has 1 fully saturated rings. The largest absolute Gasteiger partial charge is 0.375 e. The minimum absolute atomic E-state index is 0.0657. The Labute approximate surface area is 172 Å². The van der Waals surface area contributed by atoms with E-state index >= 15 is 0 Å². The molecule has 2 aromatic rings. The molecule has 0 radical (unpaired) electrons. The number of aliphatic imine (C=N–C) groups is 1. The highest BCUT2D eigenvalue weighted by Crippen LogP contribution is 2.25. The first-order valence-corrected chi connectivity index (χ1v) is 10.1. The Kier molecular flexibility index (Phi) is 7.51. The molecule has 1 aliphatic heterocycles. The number of pyridine rings is 1. The van der Waals surface area contributed by atoms with E-state index in [1.54, 1.807) is 13.3 Å². The number of aromatic nitrogens is 1. The van der Waals surface area contributed by atoms with Crippen LogP contribution in [0.4, 0.5) is 5.82 Å². The molecule has 2 N–H and O–H groups in total. The number of nitrogens with one attached hydrogen (secondary N) is 2. The van der Waals surface area contributed by atoms with Gasteiger partial charge in [-0.15, -0.1) is 0 Å². The van der Waals surface area contributed by atoms with Gasteiger partial charge in [-0.2, -0.15) is 0 Å². The zero-order valence-corrected chi connectivity index (χ0v) is 17.2. The maximum absolute atomic E-state index is 6.29. The highest BCUT2D eigenvalue weighted by atomic mass is 35.5. The van der Waals surface area contributed by atoms with E-state index in [9.17, 15) is 0 Å².